The molecule has 0 atom stereocenters. The van der Waals surface area contributed by atoms with Crippen LogP contribution in [0, 0.1) is 0 Å². The van der Waals surface area contributed by atoms with E-state index in [1.807, 2.05) is 25.1 Å². The van der Waals surface area contributed by atoms with Crippen LogP contribution in [0.3, 0.4) is 0 Å². The van der Waals surface area contributed by atoms with Crippen molar-refractivity contribution in [3.8, 4) is 11.4 Å². The highest BCUT2D eigenvalue weighted by atomic mass is 32.2. The molecule has 0 bridgehead atoms. The molecule has 0 aliphatic carbocycles. The van der Waals surface area contributed by atoms with Crippen molar-refractivity contribution in [1.29, 1.82) is 0 Å². The first-order chi connectivity index (χ1) is 16.0. The molecule has 0 aliphatic rings. The third kappa shape index (κ3) is 5.21. The van der Waals surface area contributed by atoms with Crippen molar-refractivity contribution >= 4 is 27.3 Å². The van der Waals surface area contributed by atoms with Crippen molar-refractivity contribution in [2.45, 2.75) is 11.8 Å². The first-order valence-corrected chi connectivity index (χ1v) is 11.7. The van der Waals surface area contributed by atoms with E-state index in [0.717, 1.165) is 5.69 Å². The first-order valence-electron chi connectivity index (χ1n) is 10.2. The summed E-state index contributed by atoms with van der Waals surface area (Å²) in [7, 11) is -3.81. The molecule has 9 heteroatoms. The number of carbonyl (C=O) groups excluding carboxylic acids is 1. The van der Waals surface area contributed by atoms with Crippen LogP contribution in [-0.2, 0) is 10.0 Å². The van der Waals surface area contributed by atoms with Crippen LogP contribution in [0.25, 0.3) is 5.69 Å². The summed E-state index contributed by atoms with van der Waals surface area (Å²) >= 11 is 0. The van der Waals surface area contributed by atoms with Crippen LogP contribution in [0.4, 0.5) is 11.4 Å². The van der Waals surface area contributed by atoms with Crippen molar-refractivity contribution in [3.63, 3.8) is 0 Å². The molecule has 0 radical (unpaired) electrons. The van der Waals surface area contributed by atoms with Crippen LogP contribution in [0.5, 0.6) is 5.75 Å². The first kappa shape index (κ1) is 22.1. The highest BCUT2D eigenvalue weighted by molar-refractivity contribution is 7.92. The topological polar surface area (TPSA) is 102 Å². The number of sulfonamides is 1. The molecule has 4 aromatic rings. The average molecular weight is 463 g/mol. The van der Waals surface area contributed by atoms with Crippen molar-refractivity contribution in [2.75, 3.05) is 16.6 Å². The van der Waals surface area contributed by atoms with E-state index in [1.165, 1.54) is 24.3 Å². The van der Waals surface area contributed by atoms with Crippen LogP contribution in [0.1, 0.15) is 17.3 Å². The molecular weight excluding hydrogens is 440 g/mol. The van der Waals surface area contributed by atoms with Gasteiger partial charge in [-0.25, -0.2) is 13.1 Å². The predicted molar refractivity (Wildman–Crippen MR) is 126 cm³/mol. The molecule has 0 saturated carbocycles. The molecular formula is C24H22N4O4S. The molecule has 3 aromatic carbocycles. The number of nitrogens with one attached hydrogen (secondary N) is 2. The van der Waals surface area contributed by atoms with E-state index in [4.69, 9.17) is 4.74 Å². The van der Waals surface area contributed by atoms with Gasteiger partial charge in [0.2, 0.25) is 0 Å². The van der Waals surface area contributed by atoms with Crippen molar-refractivity contribution < 1.29 is 17.9 Å². The average Bonchev–Trinajstić information content (AvgIpc) is 3.36. The zero-order chi connectivity index (χ0) is 23.3. The minimum absolute atomic E-state index is 0.0462. The molecule has 1 heterocycles. The third-order valence-corrected chi connectivity index (χ3v) is 6.15. The van der Waals surface area contributed by atoms with Gasteiger partial charge >= 0.3 is 0 Å². The summed E-state index contributed by atoms with van der Waals surface area (Å²) in [5, 5.41) is 7.05. The summed E-state index contributed by atoms with van der Waals surface area (Å²) in [4.78, 5) is 12.8. The van der Waals surface area contributed by atoms with Gasteiger partial charge in [-0.15, -0.1) is 0 Å². The number of para-hydroxylation sites is 2. The second-order valence-electron chi connectivity index (χ2n) is 7.01. The minimum atomic E-state index is -3.81. The molecule has 1 aromatic heterocycles. The van der Waals surface area contributed by atoms with E-state index in [1.54, 1.807) is 53.5 Å². The van der Waals surface area contributed by atoms with Gasteiger partial charge in [0.15, 0.2) is 0 Å². The van der Waals surface area contributed by atoms with Gasteiger partial charge in [-0.3, -0.25) is 9.52 Å². The predicted octanol–water partition coefficient (Wildman–Crippen LogP) is 4.32. The largest absolute Gasteiger partial charge is 0.494 e. The molecule has 0 unspecified atom stereocenters. The summed E-state index contributed by atoms with van der Waals surface area (Å²) < 4.78 is 35.0. The highest BCUT2D eigenvalue weighted by Gasteiger charge is 2.16. The van der Waals surface area contributed by atoms with Crippen LogP contribution < -0.4 is 14.8 Å². The maximum atomic E-state index is 12.8. The zero-order valence-corrected chi connectivity index (χ0v) is 18.6. The van der Waals surface area contributed by atoms with Crippen molar-refractivity contribution in [3.05, 3.63) is 96.8 Å². The Bertz CT molecular complexity index is 1330. The summed E-state index contributed by atoms with van der Waals surface area (Å²) in [5.74, 6) is 0.294. The number of ether oxygens (including phenoxy) is 1. The third-order valence-electron chi connectivity index (χ3n) is 4.75. The molecule has 8 nitrogen and oxygen atoms in total. The van der Waals surface area contributed by atoms with Crippen LogP contribution >= 0.6 is 0 Å². The number of rotatable bonds is 8. The fraction of sp³-hybridized carbons (Fsp3) is 0.0833. The number of aromatic nitrogens is 2. The lowest BCUT2D eigenvalue weighted by Gasteiger charge is -2.12. The lowest BCUT2D eigenvalue weighted by atomic mass is 10.2. The van der Waals surface area contributed by atoms with Gasteiger partial charge in [0.25, 0.3) is 15.9 Å². The number of anilines is 2. The summed E-state index contributed by atoms with van der Waals surface area (Å²) in [6.45, 7) is 2.40. The van der Waals surface area contributed by atoms with E-state index in [2.05, 4.69) is 15.1 Å². The summed E-state index contributed by atoms with van der Waals surface area (Å²) in [6, 6.07) is 21.4. The van der Waals surface area contributed by atoms with Crippen LogP contribution in [-0.4, -0.2) is 30.7 Å². The Morgan fingerprint density at radius 1 is 0.970 bits per heavy atom. The number of nitrogens with zero attached hydrogens (tertiary/aromatic N) is 2. The maximum Gasteiger partial charge on any atom is 0.261 e. The standard InChI is InChI=1S/C24H22N4O4S/c1-2-32-20-12-10-19(11-13-20)27-33(30,31)21-14-8-18(9-15-21)24(29)26-22-6-3-4-7-23(22)28-17-5-16-25-28/h3-17,27H,2H2,1H3,(H,26,29). The highest BCUT2D eigenvalue weighted by Crippen LogP contribution is 2.22. The molecule has 0 spiro atoms. The lowest BCUT2D eigenvalue weighted by molar-refractivity contribution is 0.102. The fourth-order valence-corrected chi connectivity index (χ4v) is 4.23. The molecule has 1 amide bonds. The number of hydrogen-bond donors (Lipinski definition) is 2. The van der Waals surface area contributed by atoms with Gasteiger partial charge in [-0.2, -0.15) is 5.10 Å². The smallest absolute Gasteiger partial charge is 0.261 e. The minimum Gasteiger partial charge on any atom is -0.494 e. The molecule has 0 saturated heterocycles. The fourth-order valence-electron chi connectivity index (χ4n) is 3.17. The van der Waals surface area contributed by atoms with E-state index < -0.39 is 10.0 Å². The monoisotopic (exact) mass is 462 g/mol. The second-order valence-corrected chi connectivity index (χ2v) is 8.69. The number of hydrogen-bond acceptors (Lipinski definition) is 5. The van der Waals surface area contributed by atoms with E-state index in [0.29, 0.717) is 29.3 Å². The second kappa shape index (κ2) is 9.58. The number of carbonyl (C=O) groups is 1. The van der Waals surface area contributed by atoms with Gasteiger partial charge in [0.05, 0.1) is 22.9 Å². The van der Waals surface area contributed by atoms with Gasteiger partial charge in [0, 0.05) is 23.6 Å². The van der Waals surface area contributed by atoms with E-state index >= 15 is 0 Å². The molecule has 0 fully saturated rings. The Hall–Kier alpha value is -4.11. The Labute approximate surface area is 191 Å². The normalized spacial score (nSPS) is 11.1. The lowest BCUT2D eigenvalue weighted by Crippen LogP contribution is -2.15. The molecule has 33 heavy (non-hydrogen) atoms. The van der Waals surface area contributed by atoms with Crippen LogP contribution in [0.15, 0.2) is 96.2 Å². The number of benzene rings is 3. The zero-order valence-electron chi connectivity index (χ0n) is 17.8. The van der Waals surface area contributed by atoms with Gasteiger partial charge in [-0.05, 0) is 73.7 Å². The van der Waals surface area contributed by atoms with Crippen molar-refractivity contribution in [2.24, 2.45) is 0 Å². The van der Waals surface area contributed by atoms with E-state index in [-0.39, 0.29) is 10.8 Å². The number of amides is 1. The maximum absolute atomic E-state index is 12.8. The Morgan fingerprint density at radius 2 is 1.70 bits per heavy atom. The van der Waals surface area contributed by atoms with Crippen LogP contribution in [0.2, 0.25) is 0 Å². The van der Waals surface area contributed by atoms with Gasteiger partial charge in [0.1, 0.15) is 5.75 Å². The molecule has 0 aliphatic heterocycles. The SMILES string of the molecule is CCOc1ccc(NS(=O)(=O)c2ccc(C(=O)Nc3ccccc3-n3cccn3)cc2)cc1. The van der Waals surface area contributed by atoms with E-state index in [9.17, 15) is 13.2 Å². The Balaban J connectivity index is 1.47. The molecule has 2 N–H and O–H groups in total. The Morgan fingerprint density at radius 3 is 2.36 bits per heavy atom. The Kier molecular flexibility index (Phi) is 6.41. The quantitative estimate of drug-likeness (QED) is 0.406. The summed E-state index contributed by atoms with van der Waals surface area (Å²) in [5.41, 5.74) is 2.04. The molecule has 168 valence electrons. The summed E-state index contributed by atoms with van der Waals surface area (Å²) in [6.07, 6.45) is 3.43. The molecule has 4 rings (SSSR count). The van der Waals surface area contributed by atoms with Crippen molar-refractivity contribution in [1.82, 2.24) is 9.78 Å². The van der Waals surface area contributed by atoms with Gasteiger partial charge in [-0.1, -0.05) is 12.1 Å². The van der Waals surface area contributed by atoms with Gasteiger partial charge < -0.3 is 10.1 Å².